The lowest BCUT2D eigenvalue weighted by Gasteiger charge is -2.12. The maximum Gasteiger partial charge on any atom is 0.197 e. The van der Waals surface area contributed by atoms with Crippen LogP contribution >= 0.6 is 0 Å². The highest BCUT2D eigenvalue weighted by atomic mass is 15.1. The highest BCUT2D eigenvalue weighted by Gasteiger charge is 2.20. The highest BCUT2D eigenvalue weighted by molar-refractivity contribution is 5.49. The number of H-pyrrole nitrogens is 1. The van der Waals surface area contributed by atoms with Gasteiger partial charge >= 0.3 is 0 Å². The first-order chi connectivity index (χ1) is 9.86. The molecule has 2 aromatic rings. The van der Waals surface area contributed by atoms with E-state index in [0.29, 0.717) is 11.7 Å². The van der Waals surface area contributed by atoms with E-state index in [0.717, 1.165) is 30.3 Å². The molecule has 0 spiro atoms. The molecule has 0 aliphatic heterocycles. The molecule has 5 nitrogen and oxygen atoms in total. The van der Waals surface area contributed by atoms with Crippen LogP contribution in [0.4, 0.5) is 5.82 Å². The number of imidazole rings is 1. The summed E-state index contributed by atoms with van der Waals surface area (Å²) in [6.07, 6.45) is 9.72. The standard InChI is InChI=1S/C15H21N5/c1-2-7-16-13-10-12(11-5-3-4-6-11)19-15(20-13)14-17-8-9-18-14/h8-11H,2-7H2,1H3,(H,17,18)(H,16,19,20). The third-order valence-corrected chi connectivity index (χ3v) is 3.79. The van der Waals surface area contributed by atoms with Gasteiger partial charge in [0.05, 0.1) is 0 Å². The smallest absolute Gasteiger partial charge is 0.197 e. The number of hydrogen-bond acceptors (Lipinski definition) is 4. The maximum absolute atomic E-state index is 4.72. The van der Waals surface area contributed by atoms with E-state index in [-0.39, 0.29) is 0 Å². The van der Waals surface area contributed by atoms with E-state index in [1.165, 1.54) is 25.7 Å². The van der Waals surface area contributed by atoms with Crippen LogP contribution in [0, 0.1) is 0 Å². The van der Waals surface area contributed by atoms with Gasteiger partial charge in [-0.25, -0.2) is 15.0 Å². The number of rotatable bonds is 5. The molecule has 2 aromatic heterocycles. The molecular formula is C15H21N5. The first-order valence-electron chi connectivity index (χ1n) is 7.49. The Kier molecular flexibility index (Phi) is 3.95. The molecule has 3 rings (SSSR count). The van der Waals surface area contributed by atoms with Gasteiger partial charge in [-0.3, -0.25) is 0 Å². The van der Waals surface area contributed by atoms with Gasteiger partial charge in [-0.2, -0.15) is 0 Å². The van der Waals surface area contributed by atoms with Crippen LogP contribution in [0.2, 0.25) is 0 Å². The minimum atomic E-state index is 0.578. The van der Waals surface area contributed by atoms with Crippen LogP contribution in [-0.4, -0.2) is 26.5 Å². The van der Waals surface area contributed by atoms with Crippen LogP contribution in [0.5, 0.6) is 0 Å². The van der Waals surface area contributed by atoms with Crippen LogP contribution in [-0.2, 0) is 0 Å². The SMILES string of the molecule is CCCNc1cc(C2CCCC2)nc(-c2ncc[nH]2)n1. The largest absolute Gasteiger partial charge is 0.370 e. The first kappa shape index (κ1) is 13.1. The van der Waals surface area contributed by atoms with E-state index in [1.807, 2.05) is 0 Å². The van der Waals surface area contributed by atoms with Crippen molar-refractivity contribution in [2.45, 2.75) is 44.9 Å². The molecule has 2 heterocycles. The number of nitrogens with zero attached hydrogens (tertiary/aromatic N) is 3. The molecule has 1 fully saturated rings. The molecule has 2 N–H and O–H groups in total. The van der Waals surface area contributed by atoms with Crippen molar-refractivity contribution >= 4 is 5.82 Å². The van der Waals surface area contributed by atoms with Gasteiger partial charge in [-0.15, -0.1) is 0 Å². The summed E-state index contributed by atoms with van der Waals surface area (Å²) in [6.45, 7) is 3.08. The average Bonchev–Trinajstić information content (AvgIpc) is 3.17. The molecule has 1 aliphatic rings. The van der Waals surface area contributed by atoms with Gasteiger partial charge in [0.2, 0.25) is 0 Å². The zero-order valence-corrected chi connectivity index (χ0v) is 11.9. The molecule has 0 radical (unpaired) electrons. The van der Waals surface area contributed by atoms with E-state index in [1.54, 1.807) is 12.4 Å². The number of anilines is 1. The highest BCUT2D eigenvalue weighted by Crippen LogP contribution is 2.34. The van der Waals surface area contributed by atoms with Crippen molar-refractivity contribution in [1.29, 1.82) is 0 Å². The fourth-order valence-corrected chi connectivity index (χ4v) is 2.73. The molecule has 1 saturated carbocycles. The minimum absolute atomic E-state index is 0.578. The molecule has 0 unspecified atom stereocenters. The van der Waals surface area contributed by atoms with Gasteiger partial charge in [0.15, 0.2) is 11.6 Å². The third kappa shape index (κ3) is 2.81. The van der Waals surface area contributed by atoms with Crippen LogP contribution in [0.15, 0.2) is 18.5 Å². The molecule has 0 bridgehead atoms. The quantitative estimate of drug-likeness (QED) is 0.875. The van der Waals surface area contributed by atoms with Gasteiger partial charge in [-0.05, 0) is 19.3 Å². The lowest BCUT2D eigenvalue weighted by atomic mass is 10.0. The summed E-state index contributed by atoms with van der Waals surface area (Å²) in [5.74, 6) is 2.92. The second-order valence-corrected chi connectivity index (χ2v) is 5.35. The summed E-state index contributed by atoms with van der Waals surface area (Å²) in [5, 5.41) is 3.37. The van der Waals surface area contributed by atoms with Crippen LogP contribution in [0.25, 0.3) is 11.6 Å². The van der Waals surface area contributed by atoms with Gasteiger partial charge in [-0.1, -0.05) is 19.8 Å². The van der Waals surface area contributed by atoms with Crippen LogP contribution in [0.3, 0.4) is 0 Å². The number of nitrogens with one attached hydrogen (secondary N) is 2. The number of aromatic amines is 1. The second kappa shape index (κ2) is 6.03. The lowest BCUT2D eigenvalue weighted by Crippen LogP contribution is -2.07. The molecule has 0 amide bonds. The van der Waals surface area contributed by atoms with Crippen molar-refractivity contribution < 1.29 is 0 Å². The summed E-state index contributed by atoms with van der Waals surface area (Å²) >= 11 is 0. The molecule has 0 aromatic carbocycles. The van der Waals surface area contributed by atoms with E-state index in [4.69, 9.17) is 4.98 Å². The Labute approximate surface area is 119 Å². The van der Waals surface area contributed by atoms with Gasteiger partial charge < -0.3 is 10.3 Å². The summed E-state index contributed by atoms with van der Waals surface area (Å²) < 4.78 is 0. The fraction of sp³-hybridized carbons (Fsp3) is 0.533. The number of hydrogen-bond donors (Lipinski definition) is 2. The predicted octanol–water partition coefficient (Wildman–Crippen LogP) is 3.35. The van der Waals surface area contributed by atoms with Crippen molar-refractivity contribution in [3.05, 3.63) is 24.2 Å². The second-order valence-electron chi connectivity index (χ2n) is 5.35. The van der Waals surface area contributed by atoms with Crippen molar-refractivity contribution in [1.82, 2.24) is 19.9 Å². The Balaban J connectivity index is 1.94. The summed E-state index contributed by atoms with van der Waals surface area (Å²) in [5.41, 5.74) is 1.16. The fourth-order valence-electron chi connectivity index (χ4n) is 2.73. The summed E-state index contributed by atoms with van der Waals surface area (Å²) in [4.78, 5) is 16.6. The lowest BCUT2D eigenvalue weighted by molar-refractivity contribution is 0.695. The third-order valence-electron chi connectivity index (χ3n) is 3.79. The Hall–Kier alpha value is -1.91. The molecule has 1 aliphatic carbocycles. The molecule has 5 heteroatoms. The maximum atomic E-state index is 4.72. The topological polar surface area (TPSA) is 66.5 Å². The van der Waals surface area contributed by atoms with E-state index in [2.05, 4.69) is 33.3 Å². The van der Waals surface area contributed by atoms with E-state index >= 15 is 0 Å². The molecule has 0 atom stereocenters. The molecule has 0 saturated heterocycles. The minimum Gasteiger partial charge on any atom is -0.370 e. The van der Waals surface area contributed by atoms with Crippen molar-refractivity contribution in [2.24, 2.45) is 0 Å². The zero-order chi connectivity index (χ0) is 13.8. The zero-order valence-electron chi connectivity index (χ0n) is 11.9. The van der Waals surface area contributed by atoms with Crippen LogP contribution < -0.4 is 5.32 Å². The van der Waals surface area contributed by atoms with Crippen LogP contribution in [0.1, 0.15) is 50.6 Å². The number of aromatic nitrogens is 4. The van der Waals surface area contributed by atoms with Gasteiger partial charge in [0, 0.05) is 36.6 Å². The predicted molar refractivity (Wildman–Crippen MR) is 79.6 cm³/mol. The van der Waals surface area contributed by atoms with Gasteiger partial charge in [0.25, 0.3) is 0 Å². The summed E-state index contributed by atoms with van der Waals surface area (Å²) in [7, 11) is 0. The Morgan fingerprint density at radius 1 is 1.30 bits per heavy atom. The Bertz CT molecular complexity index is 543. The molecule has 20 heavy (non-hydrogen) atoms. The van der Waals surface area contributed by atoms with E-state index < -0.39 is 0 Å². The Morgan fingerprint density at radius 2 is 2.15 bits per heavy atom. The Morgan fingerprint density at radius 3 is 2.85 bits per heavy atom. The average molecular weight is 271 g/mol. The van der Waals surface area contributed by atoms with Crippen molar-refractivity contribution in [2.75, 3.05) is 11.9 Å². The van der Waals surface area contributed by atoms with E-state index in [9.17, 15) is 0 Å². The molecular weight excluding hydrogens is 250 g/mol. The van der Waals surface area contributed by atoms with Crippen molar-refractivity contribution in [3.63, 3.8) is 0 Å². The van der Waals surface area contributed by atoms with Crippen molar-refractivity contribution in [3.8, 4) is 11.6 Å². The normalized spacial score (nSPS) is 15.7. The summed E-state index contributed by atoms with van der Waals surface area (Å²) in [6, 6.07) is 2.11. The first-order valence-corrected chi connectivity index (χ1v) is 7.49. The van der Waals surface area contributed by atoms with Gasteiger partial charge in [0.1, 0.15) is 5.82 Å². The monoisotopic (exact) mass is 271 g/mol. The molecule has 106 valence electrons.